The van der Waals surface area contributed by atoms with Crippen LogP contribution in [0, 0.1) is 0 Å². The van der Waals surface area contributed by atoms with Crippen molar-refractivity contribution in [1.29, 1.82) is 0 Å². The van der Waals surface area contributed by atoms with Gasteiger partial charge in [-0.3, -0.25) is 0 Å². The van der Waals surface area contributed by atoms with Crippen LogP contribution in [0.4, 0.5) is 0 Å². The molecular weight excluding hydrogens is 318 g/mol. The maximum atomic E-state index is 2.27. The summed E-state index contributed by atoms with van der Waals surface area (Å²) in [6.07, 6.45) is 12.6. The minimum absolute atomic E-state index is 0. The monoisotopic (exact) mass is 334 g/mol. The summed E-state index contributed by atoms with van der Waals surface area (Å²) in [6.45, 7) is 4.44. The van der Waals surface area contributed by atoms with Crippen molar-refractivity contribution in [3.8, 4) is 0 Å². The molecule has 88 valence electrons. The Hall–Kier alpha value is 0.423. The second kappa shape index (κ2) is 8.50. The molecule has 0 saturated carbocycles. The Balaban J connectivity index is 0. The van der Waals surface area contributed by atoms with Gasteiger partial charge in [-0.25, -0.2) is 0 Å². The Labute approximate surface area is 130 Å². The van der Waals surface area contributed by atoms with Gasteiger partial charge in [0.25, 0.3) is 0 Å². The topological polar surface area (TPSA) is 0 Å². The van der Waals surface area contributed by atoms with Gasteiger partial charge < -0.3 is 0 Å². The molecular formula is C13H18Cl2Zr. The predicted molar refractivity (Wildman–Crippen MR) is 72.0 cm³/mol. The van der Waals surface area contributed by atoms with E-state index in [9.17, 15) is 0 Å². The molecule has 0 nitrogen and oxygen atoms in total. The molecule has 0 spiro atoms. The molecule has 0 radical (unpaired) electrons. The molecule has 2 aliphatic rings. The standard InChI is InChI=1S/C13H16.2ClH.Zr/c1-10-5-3-7-12(10)9-13-8-4-6-11(13)2;;;/h3-6H,7-9H2,1-2H3;2*1H;. The van der Waals surface area contributed by atoms with Gasteiger partial charge in [-0.1, -0.05) is 46.6 Å². The third-order valence-electron chi connectivity index (χ3n) is 3.01. The first-order valence-corrected chi connectivity index (χ1v) is 4.97. The molecule has 0 aromatic carbocycles. The first-order chi connectivity index (χ1) is 6.27. The van der Waals surface area contributed by atoms with Crippen molar-refractivity contribution < 1.29 is 26.2 Å². The van der Waals surface area contributed by atoms with Gasteiger partial charge in [-0.15, -0.1) is 24.8 Å². The van der Waals surface area contributed by atoms with Gasteiger partial charge in [0.05, 0.1) is 0 Å². The molecule has 16 heavy (non-hydrogen) atoms. The normalized spacial score (nSPS) is 17.1. The van der Waals surface area contributed by atoms with Crippen molar-refractivity contribution >= 4 is 24.8 Å². The van der Waals surface area contributed by atoms with Crippen molar-refractivity contribution in [3.05, 3.63) is 46.6 Å². The first-order valence-electron chi connectivity index (χ1n) is 4.97. The number of rotatable bonds is 2. The van der Waals surface area contributed by atoms with E-state index < -0.39 is 0 Å². The molecule has 0 aromatic rings. The number of hydrogen-bond donors (Lipinski definition) is 0. The maximum Gasteiger partial charge on any atom is 0 e. The van der Waals surface area contributed by atoms with Crippen LogP contribution in [-0.4, -0.2) is 0 Å². The van der Waals surface area contributed by atoms with Crippen LogP contribution in [0.2, 0.25) is 0 Å². The SMILES string of the molecule is CC1=C(CC2=C(C)C=CC2)CC=C1.Cl.Cl.[Zr]. The zero-order valence-corrected chi connectivity index (χ0v) is 13.8. The molecule has 0 atom stereocenters. The van der Waals surface area contributed by atoms with Gasteiger partial charge in [-0.05, 0) is 33.1 Å². The Kier molecular flexibility index (Phi) is 9.98. The van der Waals surface area contributed by atoms with Crippen molar-refractivity contribution in [3.63, 3.8) is 0 Å². The van der Waals surface area contributed by atoms with Crippen LogP contribution >= 0.6 is 24.8 Å². The van der Waals surface area contributed by atoms with Crippen molar-refractivity contribution in [2.75, 3.05) is 0 Å². The molecule has 0 unspecified atom stereocenters. The molecule has 2 aliphatic carbocycles. The predicted octanol–water partition coefficient (Wildman–Crippen LogP) is 4.77. The summed E-state index contributed by atoms with van der Waals surface area (Å²) in [7, 11) is 0. The third-order valence-corrected chi connectivity index (χ3v) is 3.01. The molecule has 0 bridgehead atoms. The summed E-state index contributed by atoms with van der Waals surface area (Å²) in [5, 5.41) is 0. The fourth-order valence-electron chi connectivity index (χ4n) is 1.99. The van der Waals surface area contributed by atoms with Gasteiger partial charge in [0, 0.05) is 26.2 Å². The van der Waals surface area contributed by atoms with E-state index in [2.05, 4.69) is 38.2 Å². The third kappa shape index (κ3) is 4.36. The number of hydrogen-bond acceptors (Lipinski definition) is 0. The van der Waals surface area contributed by atoms with Gasteiger partial charge in [0.1, 0.15) is 0 Å². The van der Waals surface area contributed by atoms with Crippen molar-refractivity contribution in [2.45, 2.75) is 33.1 Å². The van der Waals surface area contributed by atoms with Gasteiger partial charge >= 0.3 is 0 Å². The van der Waals surface area contributed by atoms with E-state index in [0.29, 0.717) is 0 Å². The zero-order valence-electron chi connectivity index (χ0n) is 9.75. The fraction of sp³-hybridized carbons (Fsp3) is 0.385. The molecule has 0 N–H and O–H groups in total. The molecule has 0 aliphatic heterocycles. The van der Waals surface area contributed by atoms with Crippen LogP contribution in [0.5, 0.6) is 0 Å². The van der Waals surface area contributed by atoms with Crippen LogP contribution in [0.25, 0.3) is 0 Å². The molecule has 0 fully saturated rings. The average Bonchev–Trinajstić information content (AvgIpc) is 2.65. The largest absolute Gasteiger partial charge is 0.147 e. The molecule has 0 amide bonds. The van der Waals surface area contributed by atoms with Crippen LogP contribution in [0.1, 0.15) is 33.1 Å². The van der Waals surface area contributed by atoms with E-state index in [1.165, 1.54) is 30.4 Å². The molecule has 0 heterocycles. The number of halogens is 2. The molecule has 3 heteroatoms. The van der Waals surface area contributed by atoms with E-state index in [0.717, 1.165) is 0 Å². The van der Waals surface area contributed by atoms with Crippen LogP contribution in [-0.2, 0) is 26.2 Å². The van der Waals surface area contributed by atoms with E-state index in [1.54, 1.807) is 11.1 Å². The summed E-state index contributed by atoms with van der Waals surface area (Å²) in [5.41, 5.74) is 6.18. The zero-order chi connectivity index (χ0) is 9.26. The molecule has 0 aromatic heterocycles. The van der Waals surface area contributed by atoms with E-state index in [-0.39, 0.29) is 51.0 Å². The summed E-state index contributed by atoms with van der Waals surface area (Å²) in [6, 6.07) is 0. The Morgan fingerprint density at radius 2 is 1.25 bits per heavy atom. The number of allylic oxidation sites excluding steroid dienone is 8. The second-order valence-electron chi connectivity index (χ2n) is 3.96. The Morgan fingerprint density at radius 3 is 1.50 bits per heavy atom. The molecule has 2 rings (SSSR count). The van der Waals surface area contributed by atoms with Crippen LogP contribution < -0.4 is 0 Å². The Morgan fingerprint density at radius 1 is 0.875 bits per heavy atom. The fourth-order valence-corrected chi connectivity index (χ4v) is 1.99. The summed E-state index contributed by atoms with van der Waals surface area (Å²) in [5.74, 6) is 0. The van der Waals surface area contributed by atoms with E-state index >= 15 is 0 Å². The first kappa shape index (κ1) is 18.8. The van der Waals surface area contributed by atoms with Gasteiger partial charge in [0.2, 0.25) is 0 Å². The van der Waals surface area contributed by atoms with Crippen molar-refractivity contribution in [2.24, 2.45) is 0 Å². The smallest absolute Gasteiger partial charge is 0 e. The Bertz CT molecular complexity index is 315. The van der Waals surface area contributed by atoms with Crippen LogP contribution in [0.15, 0.2) is 46.6 Å². The van der Waals surface area contributed by atoms with Crippen LogP contribution in [0.3, 0.4) is 0 Å². The summed E-state index contributed by atoms with van der Waals surface area (Å²) < 4.78 is 0. The summed E-state index contributed by atoms with van der Waals surface area (Å²) in [4.78, 5) is 0. The van der Waals surface area contributed by atoms with Gasteiger partial charge in [0.15, 0.2) is 0 Å². The minimum Gasteiger partial charge on any atom is -0.147 e. The minimum atomic E-state index is 0. The second-order valence-corrected chi connectivity index (χ2v) is 3.96. The quantitative estimate of drug-likeness (QED) is 0.681. The maximum absolute atomic E-state index is 2.27. The van der Waals surface area contributed by atoms with Gasteiger partial charge in [-0.2, -0.15) is 0 Å². The van der Waals surface area contributed by atoms with E-state index in [4.69, 9.17) is 0 Å². The van der Waals surface area contributed by atoms with E-state index in [1.807, 2.05) is 0 Å². The average molecular weight is 336 g/mol. The molecule has 0 saturated heterocycles. The summed E-state index contributed by atoms with van der Waals surface area (Å²) >= 11 is 0. The van der Waals surface area contributed by atoms with Crippen molar-refractivity contribution in [1.82, 2.24) is 0 Å².